The van der Waals surface area contributed by atoms with Crippen LogP contribution in [0.25, 0.3) is 0 Å². The fourth-order valence-electron chi connectivity index (χ4n) is 1.61. The molecular weight excluding hydrogens is 242 g/mol. The summed E-state index contributed by atoms with van der Waals surface area (Å²) in [5.74, 6) is 0.779. The first-order valence-electron chi connectivity index (χ1n) is 7.30. The van der Waals surface area contributed by atoms with Crippen LogP contribution in [0.5, 0.6) is 0 Å². The van der Waals surface area contributed by atoms with Gasteiger partial charge in [0.2, 0.25) is 0 Å². The Labute approximate surface area is 117 Å². The summed E-state index contributed by atoms with van der Waals surface area (Å²) in [6.07, 6.45) is 3.50. The molecule has 0 radical (unpaired) electrons. The van der Waals surface area contributed by atoms with Crippen molar-refractivity contribution in [2.24, 2.45) is 4.99 Å². The number of rotatable bonds is 9. The second kappa shape index (κ2) is 11.8. The molecule has 5 heteroatoms. The number of hydrogen-bond donors (Lipinski definition) is 1. The van der Waals surface area contributed by atoms with Crippen LogP contribution in [0.1, 0.15) is 46.5 Å². The van der Waals surface area contributed by atoms with E-state index in [9.17, 15) is 4.79 Å². The number of carbonyl (C=O) groups excluding carboxylic acids is 1. The van der Waals surface area contributed by atoms with Crippen LogP contribution in [0.4, 0.5) is 0 Å². The minimum absolute atomic E-state index is 0.137. The van der Waals surface area contributed by atoms with Gasteiger partial charge in [-0.15, -0.1) is 0 Å². The molecule has 0 aliphatic heterocycles. The van der Waals surface area contributed by atoms with Crippen LogP contribution in [0.3, 0.4) is 0 Å². The Morgan fingerprint density at radius 1 is 1.26 bits per heavy atom. The number of unbranched alkanes of at least 4 members (excludes halogenated alkanes) is 1. The summed E-state index contributed by atoms with van der Waals surface area (Å²) in [5.41, 5.74) is 0. The summed E-state index contributed by atoms with van der Waals surface area (Å²) in [6.45, 7) is 9.01. The molecule has 5 nitrogen and oxygen atoms in total. The summed E-state index contributed by atoms with van der Waals surface area (Å²) >= 11 is 0. The molecule has 0 spiro atoms. The molecule has 0 aromatic carbocycles. The maximum absolute atomic E-state index is 11.2. The lowest BCUT2D eigenvalue weighted by molar-refractivity contribution is -0.143. The molecule has 0 fully saturated rings. The zero-order valence-electron chi connectivity index (χ0n) is 12.9. The molecule has 0 saturated heterocycles. The van der Waals surface area contributed by atoms with Gasteiger partial charge >= 0.3 is 5.97 Å². The van der Waals surface area contributed by atoms with Gasteiger partial charge in [-0.05, 0) is 26.7 Å². The van der Waals surface area contributed by atoms with Crippen molar-refractivity contribution in [2.45, 2.75) is 46.5 Å². The number of aliphatic imine (C=N–C) groups is 1. The fraction of sp³-hybridized carbons (Fsp3) is 0.857. The Morgan fingerprint density at radius 2 is 2.00 bits per heavy atom. The minimum atomic E-state index is -0.137. The Morgan fingerprint density at radius 3 is 2.58 bits per heavy atom. The van der Waals surface area contributed by atoms with Gasteiger partial charge in [-0.25, -0.2) is 0 Å². The van der Waals surface area contributed by atoms with Gasteiger partial charge in [-0.2, -0.15) is 0 Å². The van der Waals surface area contributed by atoms with Crippen molar-refractivity contribution in [1.29, 1.82) is 0 Å². The van der Waals surface area contributed by atoms with Crippen molar-refractivity contribution in [2.75, 3.05) is 33.3 Å². The number of nitrogens with one attached hydrogen (secondary N) is 1. The van der Waals surface area contributed by atoms with Gasteiger partial charge in [0.15, 0.2) is 5.96 Å². The maximum Gasteiger partial charge on any atom is 0.305 e. The largest absolute Gasteiger partial charge is 0.466 e. The lowest BCUT2D eigenvalue weighted by atomic mass is 10.3. The number of guanidine groups is 1. The van der Waals surface area contributed by atoms with E-state index in [1.807, 2.05) is 14.0 Å². The van der Waals surface area contributed by atoms with E-state index >= 15 is 0 Å². The summed E-state index contributed by atoms with van der Waals surface area (Å²) < 4.78 is 4.88. The van der Waals surface area contributed by atoms with Crippen LogP contribution in [0, 0.1) is 0 Å². The monoisotopic (exact) mass is 271 g/mol. The van der Waals surface area contributed by atoms with Gasteiger partial charge in [0, 0.05) is 33.1 Å². The van der Waals surface area contributed by atoms with Crippen molar-refractivity contribution in [3.63, 3.8) is 0 Å². The highest BCUT2D eigenvalue weighted by molar-refractivity contribution is 5.79. The molecule has 0 aliphatic rings. The topological polar surface area (TPSA) is 53.9 Å². The second-order valence-electron chi connectivity index (χ2n) is 4.42. The van der Waals surface area contributed by atoms with E-state index in [1.54, 1.807) is 0 Å². The Kier molecular flexibility index (Phi) is 11.0. The van der Waals surface area contributed by atoms with Crippen LogP contribution in [0.15, 0.2) is 4.99 Å². The minimum Gasteiger partial charge on any atom is -0.466 e. The summed E-state index contributed by atoms with van der Waals surface area (Å²) in [7, 11) is 2.04. The van der Waals surface area contributed by atoms with E-state index in [1.165, 1.54) is 6.42 Å². The van der Waals surface area contributed by atoms with Crippen LogP contribution in [0.2, 0.25) is 0 Å². The Bertz CT molecular complexity index is 267. The third kappa shape index (κ3) is 9.33. The molecule has 0 saturated carbocycles. The van der Waals surface area contributed by atoms with E-state index in [2.05, 4.69) is 29.1 Å². The molecule has 0 aliphatic carbocycles. The second-order valence-corrected chi connectivity index (χ2v) is 4.42. The van der Waals surface area contributed by atoms with E-state index < -0.39 is 0 Å². The summed E-state index contributed by atoms with van der Waals surface area (Å²) in [4.78, 5) is 17.9. The predicted molar refractivity (Wildman–Crippen MR) is 79.4 cm³/mol. The Balaban J connectivity index is 4.07. The smallest absolute Gasteiger partial charge is 0.305 e. The number of ether oxygens (including phenoxy) is 1. The van der Waals surface area contributed by atoms with E-state index in [-0.39, 0.29) is 5.97 Å². The predicted octanol–water partition coefficient (Wildman–Crippen LogP) is 2.03. The quantitative estimate of drug-likeness (QED) is 0.302. The fourth-order valence-corrected chi connectivity index (χ4v) is 1.61. The van der Waals surface area contributed by atoms with Gasteiger partial charge in [-0.1, -0.05) is 13.3 Å². The first kappa shape index (κ1) is 17.7. The van der Waals surface area contributed by atoms with Gasteiger partial charge in [0.05, 0.1) is 6.61 Å². The number of carbonyl (C=O) groups is 1. The van der Waals surface area contributed by atoms with Crippen LogP contribution < -0.4 is 5.32 Å². The average molecular weight is 271 g/mol. The standard InChI is InChI=1S/C14H29N3O2/c1-5-8-12-17(4)14(15-6-2)16-11-9-10-13(18)19-7-3/h5-12H2,1-4H3,(H,15,16). The maximum atomic E-state index is 11.2. The third-order valence-electron chi connectivity index (χ3n) is 2.65. The number of nitrogens with zero attached hydrogens (tertiary/aromatic N) is 2. The molecule has 0 unspecified atom stereocenters. The zero-order valence-corrected chi connectivity index (χ0v) is 12.9. The molecule has 0 aromatic heterocycles. The van der Waals surface area contributed by atoms with Crippen molar-refractivity contribution >= 4 is 11.9 Å². The highest BCUT2D eigenvalue weighted by Gasteiger charge is 2.05. The summed E-state index contributed by atoms with van der Waals surface area (Å²) in [6, 6.07) is 0. The van der Waals surface area contributed by atoms with Gasteiger partial charge in [-0.3, -0.25) is 9.79 Å². The lowest BCUT2D eigenvalue weighted by Gasteiger charge is -2.21. The third-order valence-corrected chi connectivity index (χ3v) is 2.65. The highest BCUT2D eigenvalue weighted by Crippen LogP contribution is 1.97. The van der Waals surface area contributed by atoms with Gasteiger partial charge < -0.3 is 15.0 Å². The van der Waals surface area contributed by atoms with Crippen LogP contribution in [-0.4, -0.2) is 50.1 Å². The van der Waals surface area contributed by atoms with Gasteiger partial charge in [0.25, 0.3) is 0 Å². The molecule has 0 heterocycles. The molecule has 0 atom stereocenters. The number of esters is 1. The van der Waals surface area contributed by atoms with Crippen LogP contribution in [-0.2, 0) is 9.53 Å². The van der Waals surface area contributed by atoms with Crippen molar-refractivity contribution in [3.05, 3.63) is 0 Å². The Hall–Kier alpha value is -1.26. The van der Waals surface area contributed by atoms with Crippen molar-refractivity contribution < 1.29 is 9.53 Å². The molecule has 112 valence electrons. The molecule has 1 N–H and O–H groups in total. The lowest BCUT2D eigenvalue weighted by Crippen LogP contribution is -2.39. The molecule has 19 heavy (non-hydrogen) atoms. The van der Waals surface area contributed by atoms with Crippen molar-refractivity contribution in [1.82, 2.24) is 10.2 Å². The molecule has 0 bridgehead atoms. The highest BCUT2D eigenvalue weighted by atomic mass is 16.5. The SMILES string of the molecule is CCCCN(C)C(=NCCCC(=O)OCC)NCC. The molecule has 0 aromatic rings. The summed E-state index contributed by atoms with van der Waals surface area (Å²) in [5, 5.41) is 3.26. The van der Waals surface area contributed by atoms with Crippen LogP contribution >= 0.6 is 0 Å². The van der Waals surface area contributed by atoms with Gasteiger partial charge in [0.1, 0.15) is 0 Å². The normalized spacial score (nSPS) is 11.3. The molecule has 0 amide bonds. The molecular formula is C14H29N3O2. The first-order valence-corrected chi connectivity index (χ1v) is 7.30. The van der Waals surface area contributed by atoms with Crippen molar-refractivity contribution in [3.8, 4) is 0 Å². The average Bonchev–Trinajstić information content (AvgIpc) is 2.39. The van der Waals surface area contributed by atoms with E-state index in [4.69, 9.17) is 4.74 Å². The zero-order chi connectivity index (χ0) is 14.5. The van der Waals surface area contributed by atoms with E-state index in [0.29, 0.717) is 19.6 Å². The molecule has 0 rings (SSSR count). The number of hydrogen-bond acceptors (Lipinski definition) is 3. The first-order chi connectivity index (χ1) is 9.15. The van der Waals surface area contributed by atoms with E-state index in [0.717, 1.165) is 31.9 Å².